The maximum Gasteiger partial charge on any atom is 0.131 e. The highest BCUT2D eigenvalue weighted by molar-refractivity contribution is 8.22. The maximum atomic E-state index is 6.42. The molecule has 2 nitrogen and oxygen atoms in total. The van der Waals surface area contributed by atoms with Crippen LogP contribution in [0.1, 0.15) is 16.7 Å². The van der Waals surface area contributed by atoms with Crippen LogP contribution in [0.3, 0.4) is 0 Å². The number of hydrogen-bond donors (Lipinski definition) is 1. The summed E-state index contributed by atoms with van der Waals surface area (Å²) < 4.78 is 0. The molecule has 0 radical (unpaired) electrons. The van der Waals surface area contributed by atoms with Crippen LogP contribution >= 0.6 is 46.7 Å². The summed E-state index contributed by atoms with van der Waals surface area (Å²) in [6, 6.07) is 24.2. The van der Waals surface area contributed by atoms with E-state index < -0.39 is 0 Å². The average Bonchev–Trinajstić information content (AvgIpc) is 2.74. The first-order valence-electron chi connectivity index (χ1n) is 8.57. The Balaban J connectivity index is 1.80. The fourth-order valence-corrected chi connectivity index (χ4v) is 5.11. The first kappa shape index (κ1) is 19.5. The molecule has 4 rings (SSSR count). The van der Waals surface area contributed by atoms with Crippen LogP contribution in [0, 0.1) is 0 Å². The Hall–Kier alpha value is -1.85. The zero-order valence-corrected chi connectivity index (χ0v) is 18.1. The van der Waals surface area contributed by atoms with Crippen molar-refractivity contribution in [1.82, 2.24) is 5.43 Å². The first-order valence-corrected chi connectivity index (χ1v) is 11.4. The second kappa shape index (κ2) is 8.66. The fourth-order valence-electron chi connectivity index (χ4n) is 2.88. The molecule has 6 heteroatoms. The molecule has 0 saturated heterocycles. The van der Waals surface area contributed by atoms with E-state index in [4.69, 9.17) is 23.2 Å². The van der Waals surface area contributed by atoms with Crippen LogP contribution in [0.5, 0.6) is 0 Å². The van der Waals surface area contributed by atoms with Crippen LogP contribution in [-0.2, 0) is 0 Å². The van der Waals surface area contributed by atoms with Crippen LogP contribution in [0.15, 0.2) is 82.8 Å². The molecular formula is C22H16Cl2N2S2. The summed E-state index contributed by atoms with van der Waals surface area (Å²) in [5.41, 5.74) is 7.15. The topological polar surface area (TPSA) is 24.4 Å². The molecule has 0 unspecified atom stereocenters. The third-order valence-electron chi connectivity index (χ3n) is 4.29. The van der Waals surface area contributed by atoms with Gasteiger partial charge in [0.2, 0.25) is 0 Å². The molecule has 0 aromatic heterocycles. The second-order valence-corrected chi connectivity index (χ2v) is 8.72. The number of halogens is 2. The molecule has 140 valence electrons. The van der Waals surface area contributed by atoms with Gasteiger partial charge in [-0.05, 0) is 36.1 Å². The van der Waals surface area contributed by atoms with Crippen molar-refractivity contribution in [2.45, 2.75) is 4.90 Å². The van der Waals surface area contributed by atoms with E-state index in [1.165, 1.54) is 4.90 Å². The smallest absolute Gasteiger partial charge is 0.131 e. The Labute approximate surface area is 183 Å². The van der Waals surface area contributed by atoms with Crippen molar-refractivity contribution in [3.63, 3.8) is 0 Å². The predicted molar refractivity (Wildman–Crippen MR) is 125 cm³/mol. The van der Waals surface area contributed by atoms with Crippen LogP contribution in [-0.4, -0.2) is 11.3 Å². The molecule has 0 atom stereocenters. The third-order valence-corrected chi connectivity index (χ3v) is 6.79. The zero-order valence-electron chi connectivity index (χ0n) is 14.9. The number of benzene rings is 3. The summed E-state index contributed by atoms with van der Waals surface area (Å²) in [6.07, 6.45) is 2.07. The lowest BCUT2D eigenvalue weighted by Crippen LogP contribution is -2.16. The maximum absolute atomic E-state index is 6.42. The first-order chi connectivity index (χ1) is 13.7. The average molecular weight is 443 g/mol. The predicted octanol–water partition coefficient (Wildman–Crippen LogP) is 7.24. The molecule has 1 aliphatic rings. The van der Waals surface area contributed by atoms with Crippen LogP contribution in [0.4, 0.5) is 0 Å². The van der Waals surface area contributed by atoms with E-state index in [9.17, 15) is 0 Å². The van der Waals surface area contributed by atoms with E-state index in [0.29, 0.717) is 10.0 Å². The van der Waals surface area contributed by atoms with Gasteiger partial charge in [0.15, 0.2) is 0 Å². The minimum absolute atomic E-state index is 0.584. The summed E-state index contributed by atoms with van der Waals surface area (Å²) in [5.74, 6) is 0. The molecule has 0 bridgehead atoms. The molecular weight excluding hydrogens is 427 g/mol. The van der Waals surface area contributed by atoms with Gasteiger partial charge >= 0.3 is 0 Å². The molecule has 1 aliphatic heterocycles. The van der Waals surface area contributed by atoms with Crippen LogP contribution < -0.4 is 5.43 Å². The summed E-state index contributed by atoms with van der Waals surface area (Å²) in [7, 11) is 0. The number of nitrogens with one attached hydrogen (secondary N) is 1. The Morgan fingerprint density at radius 1 is 0.821 bits per heavy atom. The van der Waals surface area contributed by atoms with Gasteiger partial charge in [0.1, 0.15) is 5.04 Å². The quantitative estimate of drug-likeness (QED) is 0.430. The van der Waals surface area contributed by atoms with Crippen LogP contribution in [0.2, 0.25) is 10.0 Å². The molecule has 0 aliphatic carbocycles. The van der Waals surface area contributed by atoms with Crippen molar-refractivity contribution in [1.29, 1.82) is 0 Å². The van der Waals surface area contributed by atoms with Gasteiger partial charge in [-0.3, -0.25) is 5.43 Å². The molecule has 1 heterocycles. The standard InChI is InChI=1S/C22H16Cl2N2S2/c1-27-16-12-10-14(11-13-16)20-21(15-6-3-2-4-7-15)28-22(26-25-20)19-17(23)8-5-9-18(19)24/h2-13,25H,1H3. The lowest BCUT2D eigenvalue weighted by molar-refractivity contribution is 0.997. The van der Waals surface area contributed by atoms with Gasteiger partial charge in [-0.25, -0.2) is 0 Å². The van der Waals surface area contributed by atoms with Crippen molar-refractivity contribution in [3.05, 3.63) is 99.5 Å². The van der Waals surface area contributed by atoms with Gasteiger partial charge in [0.05, 0.1) is 15.7 Å². The molecule has 0 spiro atoms. The molecule has 0 amide bonds. The van der Waals surface area contributed by atoms with Crippen LogP contribution in [0.25, 0.3) is 10.6 Å². The molecule has 0 fully saturated rings. The largest absolute Gasteiger partial charge is 0.276 e. The van der Waals surface area contributed by atoms with Gasteiger partial charge < -0.3 is 0 Å². The number of hydrazone groups is 1. The fraction of sp³-hybridized carbons (Fsp3) is 0.0455. The second-order valence-electron chi connectivity index (χ2n) is 6.03. The van der Waals surface area contributed by atoms with Gasteiger partial charge in [0, 0.05) is 20.9 Å². The van der Waals surface area contributed by atoms with E-state index in [1.807, 2.05) is 36.4 Å². The van der Waals surface area contributed by atoms with Gasteiger partial charge in [0.25, 0.3) is 0 Å². The van der Waals surface area contributed by atoms with Gasteiger partial charge in [-0.2, -0.15) is 5.10 Å². The highest BCUT2D eigenvalue weighted by Crippen LogP contribution is 2.41. The number of nitrogens with zero attached hydrogens (tertiary/aromatic N) is 1. The van der Waals surface area contributed by atoms with Gasteiger partial charge in [-0.15, -0.1) is 11.8 Å². The molecule has 1 N–H and O–H groups in total. The number of rotatable bonds is 4. The minimum atomic E-state index is 0.584. The van der Waals surface area contributed by atoms with E-state index in [0.717, 1.165) is 32.3 Å². The summed E-state index contributed by atoms with van der Waals surface area (Å²) >= 11 is 16.1. The van der Waals surface area contributed by atoms with Crippen molar-refractivity contribution < 1.29 is 0 Å². The third kappa shape index (κ3) is 3.96. The van der Waals surface area contributed by atoms with Crippen molar-refractivity contribution in [2.75, 3.05) is 6.26 Å². The monoisotopic (exact) mass is 442 g/mol. The van der Waals surface area contributed by atoms with E-state index in [2.05, 4.69) is 53.2 Å². The normalized spacial score (nSPS) is 13.9. The lowest BCUT2D eigenvalue weighted by atomic mass is 10.1. The molecule has 3 aromatic carbocycles. The summed E-state index contributed by atoms with van der Waals surface area (Å²) in [6.45, 7) is 0. The summed E-state index contributed by atoms with van der Waals surface area (Å²) in [5, 5.41) is 6.51. The Kier molecular flexibility index (Phi) is 6.02. The highest BCUT2D eigenvalue weighted by atomic mass is 35.5. The molecule has 0 saturated carbocycles. The minimum Gasteiger partial charge on any atom is -0.276 e. The van der Waals surface area contributed by atoms with Crippen molar-refractivity contribution >= 4 is 62.4 Å². The van der Waals surface area contributed by atoms with Gasteiger partial charge in [-0.1, -0.05) is 83.5 Å². The van der Waals surface area contributed by atoms with E-state index >= 15 is 0 Å². The number of hydrogen-bond acceptors (Lipinski definition) is 4. The number of thioether (sulfide) groups is 2. The zero-order chi connectivity index (χ0) is 19.5. The van der Waals surface area contributed by atoms with E-state index in [-0.39, 0.29) is 0 Å². The van der Waals surface area contributed by atoms with Crippen molar-refractivity contribution in [3.8, 4) is 0 Å². The Bertz CT molecular complexity index is 1040. The molecule has 28 heavy (non-hydrogen) atoms. The molecule has 3 aromatic rings. The highest BCUT2D eigenvalue weighted by Gasteiger charge is 2.23. The SMILES string of the molecule is CSc1ccc(C2=C(c3ccccc3)SC(c3c(Cl)cccc3Cl)=NN2)cc1. The summed E-state index contributed by atoms with van der Waals surface area (Å²) in [4.78, 5) is 2.31. The Morgan fingerprint density at radius 2 is 1.50 bits per heavy atom. The Morgan fingerprint density at radius 3 is 2.14 bits per heavy atom. The van der Waals surface area contributed by atoms with E-state index in [1.54, 1.807) is 23.5 Å². The lowest BCUT2D eigenvalue weighted by Gasteiger charge is -2.22. The van der Waals surface area contributed by atoms with Crippen molar-refractivity contribution in [2.24, 2.45) is 5.10 Å².